The molecule has 1 aliphatic carbocycles. The van der Waals surface area contributed by atoms with Crippen LogP contribution in [0, 0.1) is 17.8 Å². The summed E-state index contributed by atoms with van der Waals surface area (Å²) in [5.41, 5.74) is 0.439. The number of rotatable bonds is 8. The number of benzene rings is 1. The topological polar surface area (TPSA) is 108 Å². The van der Waals surface area contributed by atoms with Crippen LogP contribution in [0.15, 0.2) is 54.6 Å². The fraction of sp³-hybridized carbons (Fsp3) is 0.391. The number of nitrogens with one attached hydrogen (secondary N) is 1. The van der Waals surface area contributed by atoms with Crippen molar-refractivity contribution in [3.63, 3.8) is 0 Å². The molecule has 2 rings (SSSR count). The number of hydrogen-bond acceptors (Lipinski definition) is 7. The molecule has 0 aliphatic heterocycles. The average molecular weight is 429 g/mol. The molecule has 1 saturated carbocycles. The van der Waals surface area contributed by atoms with E-state index in [4.69, 9.17) is 4.74 Å². The molecule has 1 fully saturated rings. The van der Waals surface area contributed by atoms with Crippen LogP contribution in [0.4, 0.5) is 0 Å². The van der Waals surface area contributed by atoms with Gasteiger partial charge in [0.1, 0.15) is 0 Å². The van der Waals surface area contributed by atoms with Crippen LogP contribution in [0.1, 0.15) is 23.7 Å². The molecule has 1 aromatic carbocycles. The van der Waals surface area contributed by atoms with Crippen molar-refractivity contribution < 1.29 is 33.4 Å². The van der Waals surface area contributed by atoms with E-state index in [1.807, 2.05) is 0 Å². The lowest BCUT2D eigenvalue weighted by Crippen LogP contribution is -2.45. The van der Waals surface area contributed by atoms with Gasteiger partial charge in [-0.25, -0.2) is 9.59 Å². The number of ether oxygens (including phenoxy) is 3. The summed E-state index contributed by atoms with van der Waals surface area (Å²) in [5.74, 6) is -3.47. The molecular formula is C23H27NO7. The van der Waals surface area contributed by atoms with Crippen LogP contribution in [-0.2, 0) is 28.6 Å². The maximum atomic E-state index is 12.8. The molecule has 1 aromatic rings. The summed E-state index contributed by atoms with van der Waals surface area (Å²) in [6.45, 7) is 1.86. The smallest absolute Gasteiger partial charge is 0.330 e. The number of esters is 3. The molecule has 4 atom stereocenters. The van der Waals surface area contributed by atoms with Crippen molar-refractivity contribution in [3.8, 4) is 0 Å². The van der Waals surface area contributed by atoms with Crippen LogP contribution in [0.25, 0.3) is 0 Å². The van der Waals surface area contributed by atoms with Crippen molar-refractivity contribution in [2.24, 2.45) is 17.8 Å². The normalized spacial score (nSPS) is 22.9. The Bertz CT molecular complexity index is 847. The molecule has 0 spiro atoms. The Labute approximate surface area is 181 Å². The van der Waals surface area contributed by atoms with Gasteiger partial charge in [0, 0.05) is 23.8 Å². The van der Waals surface area contributed by atoms with Gasteiger partial charge in [-0.1, -0.05) is 30.4 Å². The van der Waals surface area contributed by atoms with Gasteiger partial charge in [0.25, 0.3) is 5.91 Å². The molecule has 8 heteroatoms. The summed E-state index contributed by atoms with van der Waals surface area (Å²) in [5, 5.41) is 2.91. The SMILES string of the molecule is CCOC(=O)[C@@H]1C(NC(=O)c2ccccc2)[C@H](/C=C/C(=O)OC)C[C@@H]1/C=C/C(=O)OC. The molecule has 0 heterocycles. The van der Waals surface area contributed by atoms with Crippen LogP contribution in [0.2, 0.25) is 0 Å². The molecule has 1 N–H and O–H groups in total. The Kier molecular flexibility index (Phi) is 8.99. The van der Waals surface area contributed by atoms with Gasteiger partial charge >= 0.3 is 17.9 Å². The Balaban J connectivity index is 2.39. The first kappa shape index (κ1) is 23.9. The number of methoxy groups -OCH3 is 2. The fourth-order valence-electron chi connectivity index (χ4n) is 3.66. The van der Waals surface area contributed by atoms with E-state index in [1.165, 1.54) is 26.4 Å². The highest BCUT2D eigenvalue weighted by Crippen LogP contribution is 2.39. The van der Waals surface area contributed by atoms with E-state index in [9.17, 15) is 19.2 Å². The van der Waals surface area contributed by atoms with Crippen molar-refractivity contribution >= 4 is 23.8 Å². The molecule has 31 heavy (non-hydrogen) atoms. The summed E-state index contributed by atoms with van der Waals surface area (Å²) >= 11 is 0. The number of amides is 1. The van der Waals surface area contributed by atoms with E-state index in [1.54, 1.807) is 49.4 Å². The van der Waals surface area contributed by atoms with E-state index in [2.05, 4.69) is 14.8 Å². The van der Waals surface area contributed by atoms with Gasteiger partial charge in [-0.15, -0.1) is 0 Å². The summed E-state index contributed by atoms with van der Waals surface area (Å²) in [7, 11) is 2.52. The minimum atomic E-state index is -0.749. The van der Waals surface area contributed by atoms with E-state index in [0.717, 1.165) is 0 Å². The third-order valence-electron chi connectivity index (χ3n) is 5.11. The van der Waals surface area contributed by atoms with Gasteiger partial charge in [0.05, 0.1) is 26.7 Å². The van der Waals surface area contributed by atoms with Crippen LogP contribution >= 0.6 is 0 Å². The first-order chi connectivity index (χ1) is 14.9. The highest BCUT2D eigenvalue weighted by atomic mass is 16.5. The third-order valence-corrected chi connectivity index (χ3v) is 5.11. The number of carbonyl (C=O) groups is 4. The zero-order chi connectivity index (χ0) is 22.8. The molecule has 0 bridgehead atoms. The summed E-state index contributed by atoms with van der Waals surface area (Å²) in [6.07, 6.45) is 6.12. The number of carbonyl (C=O) groups excluding carboxylic acids is 4. The van der Waals surface area contributed by atoms with Gasteiger partial charge in [-0.2, -0.15) is 0 Å². The van der Waals surface area contributed by atoms with Crippen molar-refractivity contribution in [2.75, 3.05) is 20.8 Å². The van der Waals surface area contributed by atoms with Crippen molar-refractivity contribution in [3.05, 3.63) is 60.2 Å². The van der Waals surface area contributed by atoms with Gasteiger partial charge in [-0.05, 0) is 37.3 Å². The lowest BCUT2D eigenvalue weighted by atomic mass is 9.92. The Morgan fingerprint density at radius 1 is 0.968 bits per heavy atom. The zero-order valence-electron chi connectivity index (χ0n) is 17.8. The van der Waals surface area contributed by atoms with E-state index in [0.29, 0.717) is 12.0 Å². The maximum Gasteiger partial charge on any atom is 0.330 e. The number of hydrogen-bond donors (Lipinski definition) is 1. The van der Waals surface area contributed by atoms with Crippen LogP contribution in [0.3, 0.4) is 0 Å². The number of allylic oxidation sites excluding steroid dienone is 1. The van der Waals surface area contributed by atoms with Crippen molar-refractivity contribution in [1.82, 2.24) is 5.32 Å². The second kappa shape index (κ2) is 11.7. The second-order valence-electron chi connectivity index (χ2n) is 6.97. The van der Waals surface area contributed by atoms with E-state index >= 15 is 0 Å². The van der Waals surface area contributed by atoms with Gasteiger partial charge < -0.3 is 19.5 Å². The third kappa shape index (κ3) is 6.53. The first-order valence-corrected chi connectivity index (χ1v) is 9.96. The van der Waals surface area contributed by atoms with E-state index in [-0.39, 0.29) is 18.4 Å². The van der Waals surface area contributed by atoms with Crippen LogP contribution in [0.5, 0.6) is 0 Å². The van der Waals surface area contributed by atoms with Gasteiger partial charge in [0.2, 0.25) is 0 Å². The Morgan fingerprint density at radius 2 is 1.55 bits per heavy atom. The second-order valence-corrected chi connectivity index (χ2v) is 6.97. The summed E-state index contributed by atoms with van der Waals surface area (Å²) in [4.78, 5) is 48.8. The molecule has 1 amide bonds. The van der Waals surface area contributed by atoms with E-state index < -0.39 is 35.8 Å². The Hall–Kier alpha value is -3.42. The lowest BCUT2D eigenvalue weighted by Gasteiger charge is -2.25. The fourth-order valence-corrected chi connectivity index (χ4v) is 3.66. The molecular weight excluding hydrogens is 402 g/mol. The highest BCUT2D eigenvalue weighted by molar-refractivity contribution is 5.95. The predicted molar refractivity (Wildman–Crippen MR) is 112 cm³/mol. The maximum absolute atomic E-state index is 12.8. The molecule has 0 aromatic heterocycles. The van der Waals surface area contributed by atoms with Crippen molar-refractivity contribution in [1.29, 1.82) is 0 Å². The quantitative estimate of drug-likeness (QED) is 0.383. The summed E-state index contributed by atoms with van der Waals surface area (Å²) < 4.78 is 14.5. The minimum Gasteiger partial charge on any atom is -0.466 e. The predicted octanol–water partition coefficient (Wildman–Crippen LogP) is 2.06. The zero-order valence-corrected chi connectivity index (χ0v) is 17.8. The molecule has 166 valence electrons. The lowest BCUT2D eigenvalue weighted by molar-refractivity contribution is -0.149. The molecule has 1 aliphatic rings. The highest BCUT2D eigenvalue weighted by Gasteiger charge is 2.47. The summed E-state index contributed by atoms with van der Waals surface area (Å²) in [6, 6.07) is 7.95. The molecule has 0 radical (unpaired) electrons. The molecule has 1 unspecified atom stereocenters. The van der Waals surface area contributed by atoms with Crippen molar-refractivity contribution in [2.45, 2.75) is 19.4 Å². The minimum absolute atomic E-state index is 0.171. The first-order valence-electron chi connectivity index (χ1n) is 9.96. The standard InChI is InChI=1S/C23H27NO7/c1-4-31-23(28)20-16(10-12-18(25)29-2)14-17(11-13-19(26)30-3)21(20)24-22(27)15-8-6-5-7-9-15/h5-13,16-17,20-21H,4,14H2,1-3H3,(H,24,27)/b12-10+,13-11+/t16-,17+,20-,21?/m0/s1. The van der Waals surface area contributed by atoms with Crippen LogP contribution in [-0.4, -0.2) is 50.7 Å². The van der Waals surface area contributed by atoms with Gasteiger partial charge in [0.15, 0.2) is 0 Å². The molecule has 0 saturated heterocycles. The largest absolute Gasteiger partial charge is 0.466 e. The van der Waals surface area contributed by atoms with Gasteiger partial charge in [-0.3, -0.25) is 9.59 Å². The van der Waals surface area contributed by atoms with Crippen LogP contribution < -0.4 is 5.32 Å². The average Bonchev–Trinajstić information content (AvgIpc) is 3.13. The Morgan fingerprint density at radius 3 is 2.10 bits per heavy atom. The molecule has 8 nitrogen and oxygen atoms in total. The monoisotopic (exact) mass is 429 g/mol.